The van der Waals surface area contributed by atoms with Gasteiger partial charge in [0.05, 0.1) is 12.4 Å². The minimum absolute atomic E-state index is 0.187. The van der Waals surface area contributed by atoms with Gasteiger partial charge in [0.2, 0.25) is 0 Å². The molecule has 0 radical (unpaired) electrons. The summed E-state index contributed by atoms with van der Waals surface area (Å²) in [6.07, 6.45) is 1.60. The third-order valence-electron chi connectivity index (χ3n) is 2.52. The third kappa shape index (κ3) is 4.73. The van der Waals surface area contributed by atoms with Crippen molar-refractivity contribution in [2.45, 2.75) is 45.3 Å². The minimum atomic E-state index is -0.561. The zero-order chi connectivity index (χ0) is 13.1. The first-order valence-corrected chi connectivity index (χ1v) is 5.78. The van der Waals surface area contributed by atoms with E-state index in [-0.39, 0.29) is 30.8 Å². The van der Waals surface area contributed by atoms with Crippen LogP contribution < -0.4 is 5.32 Å². The van der Waals surface area contributed by atoms with Gasteiger partial charge in [-0.15, -0.1) is 0 Å². The molecule has 0 fully saturated rings. The molecule has 1 aliphatic carbocycles. The van der Waals surface area contributed by atoms with Gasteiger partial charge in [-0.3, -0.25) is 0 Å². The number of hydrogen-bond donors (Lipinski definition) is 2. The summed E-state index contributed by atoms with van der Waals surface area (Å²) < 4.78 is 18.1. The average Bonchev–Trinajstić information content (AvgIpc) is 2.17. The molecule has 0 spiro atoms. The number of nitrogens with one attached hydrogen (secondary N) is 1. The molecular formula is C12H20FNO3. The topological polar surface area (TPSA) is 58.6 Å². The lowest BCUT2D eigenvalue weighted by molar-refractivity contribution is 0.0474. The molecule has 1 aliphatic rings. The lowest BCUT2D eigenvalue weighted by Gasteiger charge is -2.29. The zero-order valence-electron chi connectivity index (χ0n) is 10.5. The van der Waals surface area contributed by atoms with Crippen molar-refractivity contribution in [2.75, 3.05) is 6.61 Å². The van der Waals surface area contributed by atoms with E-state index < -0.39 is 11.7 Å². The molecule has 0 aromatic carbocycles. The fraction of sp³-hybridized carbons (Fsp3) is 0.750. The normalized spacial score (nSPS) is 25.1. The van der Waals surface area contributed by atoms with Crippen LogP contribution in [0.4, 0.5) is 9.18 Å². The van der Waals surface area contributed by atoms with E-state index in [1.807, 2.05) is 0 Å². The highest BCUT2D eigenvalue weighted by Gasteiger charge is 2.27. The summed E-state index contributed by atoms with van der Waals surface area (Å²) >= 11 is 0. The molecule has 0 heterocycles. The first kappa shape index (κ1) is 14.0. The maximum Gasteiger partial charge on any atom is 0.407 e. The van der Waals surface area contributed by atoms with Crippen LogP contribution in [0.15, 0.2) is 11.9 Å². The smallest absolute Gasteiger partial charge is 0.407 e. The summed E-state index contributed by atoms with van der Waals surface area (Å²) in [4.78, 5) is 11.5. The van der Waals surface area contributed by atoms with Crippen molar-refractivity contribution in [1.29, 1.82) is 0 Å². The van der Waals surface area contributed by atoms with Crippen molar-refractivity contribution in [3.05, 3.63) is 11.9 Å². The van der Waals surface area contributed by atoms with Gasteiger partial charge >= 0.3 is 6.09 Å². The Bertz CT molecular complexity index is 309. The quantitative estimate of drug-likeness (QED) is 0.783. The SMILES string of the molecule is CC(C)(C)OC(=O)N[C@H]1CCC(F)=C[C@@H]1CO. The number of hydrogen-bond acceptors (Lipinski definition) is 3. The van der Waals surface area contributed by atoms with Crippen LogP contribution in [0.25, 0.3) is 0 Å². The molecular weight excluding hydrogens is 225 g/mol. The molecule has 0 unspecified atom stereocenters. The van der Waals surface area contributed by atoms with Gasteiger partial charge in [-0.1, -0.05) is 0 Å². The highest BCUT2D eigenvalue weighted by Crippen LogP contribution is 2.24. The molecule has 0 saturated heterocycles. The van der Waals surface area contributed by atoms with Crippen molar-refractivity contribution in [1.82, 2.24) is 5.32 Å². The van der Waals surface area contributed by atoms with Gasteiger partial charge in [0, 0.05) is 18.4 Å². The number of amides is 1. The number of halogens is 1. The lowest BCUT2D eigenvalue weighted by Crippen LogP contribution is -2.44. The number of allylic oxidation sites excluding steroid dienone is 1. The number of carbonyl (C=O) groups is 1. The summed E-state index contributed by atoms with van der Waals surface area (Å²) in [6, 6.07) is -0.269. The molecule has 17 heavy (non-hydrogen) atoms. The Morgan fingerprint density at radius 3 is 2.82 bits per heavy atom. The van der Waals surface area contributed by atoms with Crippen molar-refractivity contribution in [3.63, 3.8) is 0 Å². The van der Waals surface area contributed by atoms with E-state index in [9.17, 15) is 9.18 Å². The Kier molecular flexibility index (Phi) is 4.51. The Morgan fingerprint density at radius 2 is 2.29 bits per heavy atom. The number of aliphatic hydroxyl groups is 1. The summed E-state index contributed by atoms with van der Waals surface area (Å²) in [6.45, 7) is 5.14. The van der Waals surface area contributed by atoms with Gasteiger partial charge in [-0.05, 0) is 33.3 Å². The van der Waals surface area contributed by atoms with E-state index in [2.05, 4.69) is 5.32 Å². The fourth-order valence-corrected chi connectivity index (χ4v) is 1.76. The molecule has 2 atom stereocenters. The molecule has 5 heteroatoms. The second kappa shape index (κ2) is 5.49. The van der Waals surface area contributed by atoms with Gasteiger partial charge in [0.25, 0.3) is 0 Å². The Morgan fingerprint density at radius 1 is 1.65 bits per heavy atom. The number of ether oxygens (including phenoxy) is 1. The largest absolute Gasteiger partial charge is 0.444 e. The Balaban J connectivity index is 2.54. The van der Waals surface area contributed by atoms with Crippen LogP contribution in [0.5, 0.6) is 0 Å². The molecule has 98 valence electrons. The van der Waals surface area contributed by atoms with E-state index in [1.54, 1.807) is 20.8 Å². The summed E-state index contributed by atoms with van der Waals surface area (Å²) in [5.74, 6) is -0.609. The van der Waals surface area contributed by atoms with Crippen LogP contribution in [0.1, 0.15) is 33.6 Å². The van der Waals surface area contributed by atoms with E-state index in [4.69, 9.17) is 9.84 Å². The van der Waals surface area contributed by atoms with Gasteiger partial charge in [-0.2, -0.15) is 0 Å². The predicted octanol–water partition coefficient (Wildman–Crippen LogP) is 2.14. The van der Waals surface area contributed by atoms with E-state index >= 15 is 0 Å². The second-order valence-corrected chi connectivity index (χ2v) is 5.25. The lowest BCUT2D eigenvalue weighted by atomic mass is 9.90. The zero-order valence-corrected chi connectivity index (χ0v) is 10.5. The summed E-state index contributed by atoms with van der Waals surface area (Å²) in [7, 11) is 0. The number of aliphatic hydroxyl groups excluding tert-OH is 1. The molecule has 1 amide bonds. The highest BCUT2D eigenvalue weighted by molar-refractivity contribution is 5.68. The van der Waals surface area contributed by atoms with E-state index in [0.29, 0.717) is 6.42 Å². The number of alkyl carbamates (subject to hydrolysis) is 1. The average molecular weight is 245 g/mol. The third-order valence-corrected chi connectivity index (χ3v) is 2.52. The highest BCUT2D eigenvalue weighted by atomic mass is 19.1. The standard InChI is InChI=1S/C12H20FNO3/c1-12(2,3)17-11(16)14-10-5-4-9(13)6-8(10)7-15/h6,8,10,15H,4-5,7H2,1-3H3,(H,14,16)/t8-,10+/m1/s1. The van der Waals surface area contributed by atoms with Gasteiger partial charge < -0.3 is 15.2 Å². The molecule has 1 rings (SSSR count). The van der Waals surface area contributed by atoms with E-state index in [0.717, 1.165) is 0 Å². The van der Waals surface area contributed by atoms with Gasteiger partial charge in [0.1, 0.15) is 5.60 Å². The second-order valence-electron chi connectivity index (χ2n) is 5.25. The van der Waals surface area contributed by atoms with Crippen LogP contribution in [-0.4, -0.2) is 29.4 Å². The van der Waals surface area contributed by atoms with Crippen LogP contribution >= 0.6 is 0 Å². The Hall–Kier alpha value is -1.10. The van der Waals surface area contributed by atoms with Crippen LogP contribution in [0.3, 0.4) is 0 Å². The Labute approximate surface area is 101 Å². The summed E-state index contributed by atoms with van der Waals surface area (Å²) in [5, 5.41) is 11.8. The molecule has 0 aliphatic heterocycles. The molecule has 0 aromatic rings. The molecule has 4 nitrogen and oxygen atoms in total. The summed E-state index contributed by atoms with van der Waals surface area (Å²) in [5.41, 5.74) is -0.561. The first-order valence-electron chi connectivity index (χ1n) is 5.78. The minimum Gasteiger partial charge on any atom is -0.444 e. The van der Waals surface area contributed by atoms with Crippen LogP contribution in [-0.2, 0) is 4.74 Å². The van der Waals surface area contributed by atoms with Crippen molar-refractivity contribution in [2.24, 2.45) is 5.92 Å². The fourth-order valence-electron chi connectivity index (χ4n) is 1.76. The molecule has 2 N–H and O–H groups in total. The number of rotatable bonds is 2. The van der Waals surface area contributed by atoms with Crippen LogP contribution in [0.2, 0.25) is 0 Å². The van der Waals surface area contributed by atoms with Crippen molar-refractivity contribution in [3.8, 4) is 0 Å². The molecule has 0 bridgehead atoms. The monoisotopic (exact) mass is 245 g/mol. The van der Waals surface area contributed by atoms with Gasteiger partial charge in [-0.25, -0.2) is 9.18 Å². The predicted molar refractivity (Wildman–Crippen MR) is 62.2 cm³/mol. The van der Waals surface area contributed by atoms with Gasteiger partial charge in [0.15, 0.2) is 0 Å². The molecule has 0 saturated carbocycles. The maximum absolute atomic E-state index is 13.0. The van der Waals surface area contributed by atoms with Crippen LogP contribution in [0, 0.1) is 5.92 Å². The van der Waals surface area contributed by atoms with Crippen molar-refractivity contribution >= 4 is 6.09 Å². The number of carbonyl (C=O) groups excluding carboxylic acids is 1. The van der Waals surface area contributed by atoms with Crippen molar-refractivity contribution < 1.29 is 19.0 Å². The van der Waals surface area contributed by atoms with E-state index in [1.165, 1.54) is 6.08 Å². The first-order chi connectivity index (χ1) is 7.81. The molecule has 0 aromatic heterocycles. The maximum atomic E-state index is 13.0.